The number of carbonyl (C=O) groups is 2. The monoisotopic (exact) mass is 350 g/mol. The third-order valence-corrected chi connectivity index (χ3v) is 3.40. The molecule has 1 rings (SSSR count). The third kappa shape index (κ3) is 8.42. The number of aryl methyl sites for hydroxylation is 1. The second kappa shape index (κ2) is 9.91. The second-order valence-electron chi connectivity index (χ2n) is 6.76. The summed E-state index contributed by atoms with van der Waals surface area (Å²) in [4.78, 5) is 23.3. The molecule has 0 atom stereocenters. The van der Waals surface area contributed by atoms with Crippen LogP contribution in [0.3, 0.4) is 0 Å². The molecule has 1 amide bonds. The number of hydrogen-bond acceptors (Lipinski definition) is 5. The van der Waals surface area contributed by atoms with E-state index in [1.807, 2.05) is 46.0 Å². The van der Waals surface area contributed by atoms with Gasteiger partial charge in [-0.1, -0.05) is 0 Å². The lowest BCUT2D eigenvalue weighted by molar-refractivity contribution is -0.143. The molecule has 0 spiro atoms. The molecule has 0 fully saturated rings. The summed E-state index contributed by atoms with van der Waals surface area (Å²) in [7, 11) is 1.86. The molecule has 0 aliphatic rings. The molecule has 1 aromatic carbocycles. The first-order valence-electron chi connectivity index (χ1n) is 8.71. The number of ether oxygens (including phenoxy) is 2. The fourth-order valence-corrected chi connectivity index (χ4v) is 2.36. The molecule has 0 aliphatic heterocycles. The highest BCUT2D eigenvalue weighted by atomic mass is 16.6. The Balaban J connectivity index is 2.62. The van der Waals surface area contributed by atoms with Crippen molar-refractivity contribution in [3.05, 3.63) is 23.8 Å². The molecule has 0 aliphatic carbocycles. The van der Waals surface area contributed by atoms with Crippen LogP contribution >= 0.6 is 0 Å². The lowest BCUT2D eigenvalue weighted by atomic mass is 10.0. The zero-order chi connectivity index (χ0) is 18.9. The van der Waals surface area contributed by atoms with Gasteiger partial charge in [-0.05, 0) is 70.7 Å². The first-order valence-corrected chi connectivity index (χ1v) is 8.71. The van der Waals surface area contributed by atoms with Gasteiger partial charge >= 0.3 is 12.1 Å². The highest BCUT2D eigenvalue weighted by Crippen LogP contribution is 2.23. The number of nitrogens with one attached hydrogen (secondary N) is 2. The van der Waals surface area contributed by atoms with Crippen molar-refractivity contribution in [3.8, 4) is 0 Å². The third-order valence-electron chi connectivity index (χ3n) is 3.40. The molecule has 6 nitrogen and oxygen atoms in total. The summed E-state index contributed by atoms with van der Waals surface area (Å²) in [6.45, 7) is 7.70. The van der Waals surface area contributed by atoms with Crippen molar-refractivity contribution >= 4 is 23.4 Å². The molecular weight excluding hydrogens is 320 g/mol. The lowest BCUT2D eigenvalue weighted by Gasteiger charge is -2.20. The smallest absolute Gasteiger partial charge is 0.412 e. The SMILES string of the molecule is CCOC(=O)CCCCc1cc(NC(=O)OC(C)(C)C)ccc1NC. The van der Waals surface area contributed by atoms with Crippen LogP contribution in [0.15, 0.2) is 18.2 Å². The number of esters is 1. The van der Waals surface area contributed by atoms with Gasteiger partial charge in [0.1, 0.15) is 5.60 Å². The quantitative estimate of drug-likeness (QED) is 0.538. The Bertz CT molecular complexity index is 579. The summed E-state index contributed by atoms with van der Waals surface area (Å²) in [5.74, 6) is -0.156. The molecule has 0 aromatic heterocycles. The minimum Gasteiger partial charge on any atom is -0.466 e. The van der Waals surface area contributed by atoms with Gasteiger partial charge < -0.3 is 14.8 Å². The van der Waals surface area contributed by atoms with Crippen LogP contribution in [-0.2, 0) is 20.7 Å². The fraction of sp³-hybridized carbons (Fsp3) is 0.579. The Hall–Kier alpha value is -2.24. The van der Waals surface area contributed by atoms with Gasteiger partial charge in [-0.3, -0.25) is 10.1 Å². The van der Waals surface area contributed by atoms with Gasteiger partial charge in [0.05, 0.1) is 6.61 Å². The minimum absolute atomic E-state index is 0.156. The molecule has 0 unspecified atom stereocenters. The topological polar surface area (TPSA) is 76.7 Å². The molecule has 25 heavy (non-hydrogen) atoms. The van der Waals surface area contributed by atoms with E-state index in [-0.39, 0.29) is 5.97 Å². The van der Waals surface area contributed by atoms with Crippen LogP contribution in [0.5, 0.6) is 0 Å². The van der Waals surface area contributed by atoms with Crippen LogP contribution < -0.4 is 10.6 Å². The summed E-state index contributed by atoms with van der Waals surface area (Å²) < 4.78 is 10.2. The van der Waals surface area contributed by atoms with E-state index < -0.39 is 11.7 Å². The maximum Gasteiger partial charge on any atom is 0.412 e. The van der Waals surface area contributed by atoms with Gasteiger partial charge in [0, 0.05) is 24.8 Å². The zero-order valence-corrected chi connectivity index (χ0v) is 15.9. The van der Waals surface area contributed by atoms with Gasteiger partial charge in [0.25, 0.3) is 0 Å². The number of rotatable bonds is 8. The van der Waals surface area contributed by atoms with Crippen molar-refractivity contribution in [2.75, 3.05) is 24.3 Å². The van der Waals surface area contributed by atoms with Gasteiger partial charge in [-0.15, -0.1) is 0 Å². The van der Waals surface area contributed by atoms with Gasteiger partial charge in [0.15, 0.2) is 0 Å². The van der Waals surface area contributed by atoms with Crippen LogP contribution in [0.2, 0.25) is 0 Å². The van der Waals surface area contributed by atoms with Crippen molar-refractivity contribution < 1.29 is 19.1 Å². The van der Waals surface area contributed by atoms with Crippen molar-refractivity contribution in [1.82, 2.24) is 0 Å². The standard InChI is InChI=1S/C19H30N2O4/c1-6-24-17(22)10-8-7-9-14-13-15(11-12-16(14)20-5)21-18(23)25-19(2,3)4/h11-13,20H,6-10H2,1-5H3,(H,21,23). The van der Waals surface area contributed by atoms with Crippen LogP contribution in [0.25, 0.3) is 0 Å². The van der Waals surface area contributed by atoms with E-state index in [0.29, 0.717) is 18.7 Å². The lowest BCUT2D eigenvalue weighted by Crippen LogP contribution is -2.27. The van der Waals surface area contributed by atoms with Crippen LogP contribution in [0.1, 0.15) is 52.5 Å². The molecule has 2 N–H and O–H groups in total. The Kier molecular flexibility index (Phi) is 8.25. The highest BCUT2D eigenvalue weighted by molar-refractivity contribution is 5.85. The van der Waals surface area contributed by atoms with Gasteiger partial charge in [0.2, 0.25) is 0 Å². The Labute approximate surface area is 150 Å². The number of hydrogen-bond donors (Lipinski definition) is 2. The van der Waals surface area contributed by atoms with Crippen molar-refractivity contribution in [3.63, 3.8) is 0 Å². The summed E-state index contributed by atoms with van der Waals surface area (Å²) in [5, 5.41) is 5.90. The maximum atomic E-state index is 11.9. The van der Waals surface area contributed by atoms with Crippen LogP contribution in [0, 0.1) is 0 Å². The van der Waals surface area contributed by atoms with Crippen molar-refractivity contribution in [1.29, 1.82) is 0 Å². The average Bonchev–Trinajstić information content (AvgIpc) is 2.50. The number of benzene rings is 1. The molecule has 0 bridgehead atoms. The van der Waals surface area contributed by atoms with Crippen LogP contribution in [-0.4, -0.2) is 31.3 Å². The first kappa shape index (κ1) is 20.8. The molecule has 1 aromatic rings. The summed E-state index contributed by atoms with van der Waals surface area (Å²) >= 11 is 0. The second-order valence-corrected chi connectivity index (χ2v) is 6.76. The Morgan fingerprint density at radius 2 is 1.88 bits per heavy atom. The Morgan fingerprint density at radius 1 is 1.16 bits per heavy atom. The number of unbranched alkanes of at least 4 members (excludes halogenated alkanes) is 1. The summed E-state index contributed by atoms with van der Waals surface area (Å²) in [6, 6.07) is 5.69. The molecule has 140 valence electrons. The van der Waals surface area contributed by atoms with Crippen LogP contribution in [0.4, 0.5) is 16.2 Å². The predicted molar refractivity (Wildman–Crippen MR) is 100 cm³/mol. The molecule has 0 saturated carbocycles. The van der Waals surface area contributed by atoms with Gasteiger partial charge in [-0.2, -0.15) is 0 Å². The molecule has 0 saturated heterocycles. The van der Waals surface area contributed by atoms with Crippen molar-refractivity contribution in [2.45, 2.75) is 59.0 Å². The first-order chi connectivity index (χ1) is 11.7. The number of amides is 1. The number of anilines is 2. The van der Waals surface area contributed by atoms with E-state index in [4.69, 9.17) is 9.47 Å². The molecular formula is C19H30N2O4. The average molecular weight is 350 g/mol. The van der Waals surface area contributed by atoms with Crippen molar-refractivity contribution in [2.24, 2.45) is 0 Å². The van der Waals surface area contributed by atoms with E-state index >= 15 is 0 Å². The highest BCUT2D eigenvalue weighted by Gasteiger charge is 2.16. The van der Waals surface area contributed by atoms with Gasteiger partial charge in [-0.25, -0.2) is 4.79 Å². The van der Waals surface area contributed by atoms with E-state index in [9.17, 15) is 9.59 Å². The summed E-state index contributed by atoms with van der Waals surface area (Å²) in [6.07, 6.45) is 2.39. The zero-order valence-electron chi connectivity index (χ0n) is 15.9. The molecule has 0 radical (unpaired) electrons. The minimum atomic E-state index is -0.537. The van der Waals surface area contributed by atoms with E-state index in [0.717, 1.165) is 30.5 Å². The number of carbonyl (C=O) groups excluding carboxylic acids is 2. The van der Waals surface area contributed by atoms with E-state index in [1.54, 1.807) is 6.92 Å². The fourth-order valence-electron chi connectivity index (χ4n) is 2.36. The molecule has 6 heteroatoms. The summed E-state index contributed by atoms with van der Waals surface area (Å²) in [5.41, 5.74) is 2.24. The Morgan fingerprint density at radius 3 is 2.48 bits per heavy atom. The maximum absolute atomic E-state index is 11.9. The largest absolute Gasteiger partial charge is 0.466 e. The normalized spacial score (nSPS) is 10.9. The van der Waals surface area contributed by atoms with E-state index in [2.05, 4.69) is 10.6 Å². The van der Waals surface area contributed by atoms with E-state index in [1.165, 1.54) is 0 Å². The molecule has 0 heterocycles. The predicted octanol–water partition coefficient (Wildman–Crippen LogP) is 4.35.